The highest BCUT2D eigenvalue weighted by atomic mass is 15.1. The molecule has 3 aromatic heterocycles. The maximum Gasteiger partial charge on any atom is 0.143 e. The molecular formula is C25H21N5. The topological polar surface area (TPSA) is 55.1 Å². The molecule has 0 aliphatic heterocycles. The van der Waals surface area contributed by atoms with Gasteiger partial charge in [-0.3, -0.25) is 4.40 Å². The summed E-state index contributed by atoms with van der Waals surface area (Å²) in [6.07, 6.45) is 7.25. The number of nitrogens with zero attached hydrogens (tertiary/aromatic N) is 4. The molecule has 0 aliphatic carbocycles. The van der Waals surface area contributed by atoms with Crippen molar-refractivity contribution in [1.29, 1.82) is 0 Å². The molecule has 0 saturated carbocycles. The van der Waals surface area contributed by atoms with E-state index in [0.29, 0.717) is 0 Å². The third-order valence-electron chi connectivity index (χ3n) is 5.31. The number of anilines is 2. The number of pyridine rings is 1. The summed E-state index contributed by atoms with van der Waals surface area (Å²) in [5, 5.41) is 3.68. The van der Waals surface area contributed by atoms with Gasteiger partial charge in [0.05, 0.1) is 0 Å². The SMILES string of the molecule is Cc1cccc(C)c1Nc1c(-c2ccccc2-c2cncnc2)nc2ccccn12. The summed E-state index contributed by atoms with van der Waals surface area (Å²) in [7, 11) is 0. The van der Waals surface area contributed by atoms with E-state index in [4.69, 9.17) is 4.98 Å². The van der Waals surface area contributed by atoms with E-state index in [0.717, 1.165) is 39.5 Å². The van der Waals surface area contributed by atoms with Crippen LogP contribution in [0.5, 0.6) is 0 Å². The van der Waals surface area contributed by atoms with Crippen LogP contribution in [0, 0.1) is 13.8 Å². The molecule has 5 nitrogen and oxygen atoms in total. The Morgan fingerprint density at radius 3 is 2.23 bits per heavy atom. The van der Waals surface area contributed by atoms with Crippen molar-refractivity contribution in [3.05, 3.63) is 96.7 Å². The second kappa shape index (κ2) is 7.44. The second-order valence-electron chi connectivity index (χ2n) is 7.30. The van der Waals surface area contributed by atoms with Crippen LogP contribution in [0.15, 0.2) is 85.6 Å². The lowest BCUT2D eigenvalue weighted by Crippen LogP contribution is -2.01. The van der Waals surface area contributed by atoms with Gasteiger partial charge in [-0.2, -0.15) is 0 Å². The minimum Gasteiger partial charge on any atom is -0.339 e. The van der Waals surface area contributed by atoms with Crippen molar-refractivity contribution in [2.75, 3.05) is 5.32 Å². The van der Waals surface area contributed by atoms with Gasteiger partial charge in [0, 0.05) is 35.4 Å². The number of nitrogens with one attached hydrogen (secondary N) is 1. The highest BCUT2D eigenvalue weighted by Crippen LogP contribution is 2.37. The molecule has 1 N–H and O–H groups in total. The molecule has 3 heterocycles. The fourth-order valence-electron chi connectivity index (χ4n) is 3.81. The van der Waals surface area contributed by atoms with Crippen molar-refractivity contribution in [3.8, 4) is 22.4 Å². The lowest BCUT2D eigenvalue weighted by molar-refractivity contribution is 1.17. The Morgan fingerprint density at radius 2 is 1.47 bits per heavy atom. The molecule has 0 radical (unpaired) electrons. The Labute approximate surface area is 175 Å². The van der Waals surface area contributed by atoms with Crippen molar-refractivity contribution >= 4 is 17.2 Å². The zero-order valence-electron chi connectivity index (χ0n) is 16.9. The van der Waals surface area contributed by atoms with Gasteiger partial charge in [0.1, 0.15) is 23.5 Å². The maximum atomic E-state index is 4.98. The number of rotatable bonds is 4. The molecule has 2 aromatic carbocycles. The first-order chi connectivity index (χ1) is 14.7. The van der Waals surface area contributed by atoms with Crippen molar-refractivity contribution in [1.82, 2.24) is 19.4 Å². The molecule has 0 aliphatic rings. The standard InChI is InChI=1S/C25H21N5/c1-17-8-7-9-18(2)23(17)29-25-24(28-22-12-5-6-13-30(22)25)21-11-4-3-10-20(21)19-14-26-16-27-15-19/h3-16,29H,1-2H3. The van der Waals surface area contributed by atoms with Gasteiger partial charge >= 0.3 is 0 Å². The van der Waals surface area contributed by atoms with Gasteiger partial charge in [0.2, 0.25) is 0 Å². The molecule has 0 spiro atoms. The molecule has 0 fully saturated rings. The van der Waals surface area contributed by atoms with Crippen LogP contribution in [-0.4, -0.2) is 19.4 Å². The predicted octanol–water partition coefficient (Wildman–Crippen LogP) is 5.82. The van der Waals surface area contributed by atoms with Crippen molar-refractivity contribution in [2.24, 2.45) is 0 Å². The molecular weight excluding hydrogens is 370 g/mol. The number of hydrogen-bond acceptors (Lipinski definition) is 4. The molecule has 0 amide bonds. The highest BCUT2D eigenvalue weighted by Gasteiger charge is 2.18. The number of fused-ring (bicyclic) bond motifs is 1. The van der Waals surface area contributed by atoms with Crippen molar-refractivity contribution < 1.29 is 0 Å². The van der Waals surface area contributed by atoms with Crippen LogP contribution in [0.2, 0.25) is 0 Å². The van der Waals surface area contributed by atoms with E-state index in [-0.39, 0.29) is 0 Å². The summed E-state index contributed by atoms with van der Waals surface area (Å²) in [6, 6.07) is 20.6. The largest absolute Gasteiger partial charge is 0.339 e. The van der Waals surface area contributed by atoms with Gasteiger partial charge in [-0.1, -0.05) is 48.5 Å². The van der Waals surface area contributed by atoms with Crippen LogP contribution < -0.4 is 5.32 Å². The number of para-hydroxylation sites is 1. The number of imidazole rings is 1. The quantitative estimate of drug-likeness (QED) is 0.419. The first-order valence-electron chi connectivity index (χ1n) is 9.87. The Balaban J connectivity index is 1.75. The van der Waals surface area contributed by atoms with E-state index in [9.17, 15) is 0 Å². The molecule has 5 aromatic rings. The first kappa shape index (κ1) is 18.1. The Bertz CT molecular complexity index is 1320. The molecule has 0 unspecified atom stereocenters. The monoisotopic (exact) mass is 391 g/mol. The third kappa shape index (κ3) is 3.10. The highest BCUT2D eigenvalue weighted by molar-refractivity contribution is 5.89. The number of hydrogen-bond donors (Lipinski definition) is 1. The predicted molar refractivity (Wildman–Crippen MR) is 121 cm³/mol. The molecule has 5 rings (SSSR count). The summed E-state index contributed by atoms with van der Waals surface area (Å²) in [5.74, 6) is 0.937. The van der Waals surface area contributed by atoms with Crippen LogP contribution in [0.25, 0.3) is 28.0 Å². The van der Waals surface area contributed by atoms with Crippen LogP contribution in [0.3, 0.4) is 0 Å². The van der Waals surface area contributed by atoms with E-state index >= 15 is 0 Å². The average molecular weight is 391 g/mol. The van der Waals surface area contributed by atoms with Crippen LogP contribution in [0.4, 0.5) is 11.5 Å². The molecule has 146 valence electrons. The summed E-state index contributed by atoms with van der Waals surface area (Å²) in [6.45, 7) is 4.24. The molecule has 5 heteroatoms. The third-order valence-corrected chi connectivity index (χ3v) is 5.31. The van der Waals surface area contributed by atoms with E-state index in [1.807, 2.05) is 48.9 Å². The molecule has 0 bridgehead atoms. The van der Waals surface area contributed by atoms with Gasteiger partial charge in [-0.05, 0) is 42.7 Å². The fourth-order valence-corrected chi connectivity index (χ4v) is 3.81. The summed E-state index contributed by atoms with van der Waals surface area (Å²) >= 11 is 0. The summed E-state index contributed by atoms with van der Waals surface area (Å²) < 4.78 is 2.10. The lowest BCUT2D eigenvalue weighted by atomic mass is 9.99. The minimum atomic E-state index is 0.889. The van der Waals surface area contributed by atoms with Gasteiger partial charge in [-0.15, -0.1) is 0 Å². The van der Waals surface area contributed by atoms with Gasteiger partial charge in [0.25, 0.3) is 0 Å². The van der Waals surface area contributed by atoms with Crippen molar-refractivity contribution in [3.63, 3.8) is 0 Å². The number of benzene rings is 2. The van der Waals surface area contributed by atoms with E-state index in [1.165, 1.54) is 11.1 Å². The second-order valence-corrected chi connectivity index (χ2v) is 7.30. The zero-order chi connectivity index (χ0) is 20.5. The zero-order valence-corrected chi connectivity index (χ0v) is 16.9. The summed E-state index contributed by atoms with van der Waals surface area (Å²) in [4.78, 5) is 13.4. The van der Waals surface area contributed by atoms with Crippen LogP contribution in [-0.2, 0) is 0 Å². The van der Waals surface area contributed by atoms with Gasteiger partial charge in [0.15, 0.2) is 0 Å². The number of aryl methyl sites for hydroxylation is 2. The van der Waals surface area contributed by atoms with Crippen molar-refractivity contribution in [2.45, 2.75) is 13.8 Å². The Morgan fingerprint density at radius 1 is 0.767 bits per heavy atom. The smallest absolute Gasteiger partial charge is 0.143 e. The first-order valence-corrected chi connectivity index (χ1v) is 9.87. The number of aromatic nitrogens is 4. The minimum absolute atomic E-state index is 0.889. The van der Waals surface area contributed by atoms with E-state index in [1.54, 1.807) is 6.33 Å². The fraction of sp³-hybridized carbons (Fsp3) is 0.0800. The van der Waals surface area contributed by atoms with E-state index < -0.39 is 0 Å². The lowest BCUT2D eigenvalue weighted by Gasteiger charge is -2.15. The average Bonchev–Trinajstić information content (AvgIpc) is 3.15. The van der Waals surface area contributed by atoms with Gasteiger partial charge < -0.3 is 5.32 Å². The van der Waals surface area contributed by atoms with E-state index in [2.05, 4.69) is 63.9 Å². The molecule has 0 saturated heterocycles. The Kier molecular flexibility index (Phi) is 4.48. The normalized spacial score (nSPS) is 11.0. The molecule has 0 atom stereocenters. The van der Waals surface area contributed by atoms with Crippen LogP contribution in [0.1, 0.15) is 11.1 Å². The molecule has 30 heavy (non-hydrogen) atoms. The van der Waals surface area contributed by atoms with Crippen LogP contribution >= 0.6 is 0 Å². The Hall–Kier alpha value is -3.99. The van der Waals surface area contributed by atoms with Gasteiger partial charge in [-0.25, -0.2) is 15.0 Å². The maximum absolute atomic E-state index is 4.98. The summed E-state index contributed by atoms with van der Waals surface area (Å²) in [5.41, 5.74) is 8.31.